The SMILES string of the molecule is CC(N)c1nc(C(=O)N(C)CC(C)(C)O)cs1. The highest BCUT2D eigenvalue weighted by atomic mass is 32.1. The van der Waals surface area contributed by atoms with Crippen molar-refractivity contribution in [2.75, 3.05) is 13.6 Å². The second-order valence-electron chi connectivity index (χ2n) is 4.83. The Balaban J connectivity index is 2.75. The average Bonchev–Trinajstić information content (AvgIpc) is 2.62. The summed E-state index contributed by atoms with van der Waals surface area (Å²) in [5, 5.41) is 12.1. The van der Waals surface area contributed by atoms with Crippen LogP contribution in [0.15, 0.2) is 5.38 Å². The molecule has 96 valence electrons. The van der Waals surface area contributed by atoms with Crippen molar-refractivity contribution >= 4 is 17.2 Å². The van der Waals surface area contributed by atoms with E-state index in [2.05, 4.69) is 4.98 Å². The number of amides is 1. The lowest BCUT2D eigenvalue weighted by Gasteiger charge is -2.24. The zero-order valence-corrected chi connectivity index (χ0v) is 11.4. The Morgan fingerprint density at radius 1 is 1.71 bits per heavy atom. The lowest BCUT2D eigenvalue weighted by Crippen LogP contribution is -2.39. The average molecular weight is 257 g/mol. The van der Waals surface area contributed by atoms with Gasteiger partial charge in [-0.05, 0) is 20.8 Å². The number of aliphatic hydroxyl groups is 1. The molecule has 1 amide bonds. The van der Waals surface area contributed by atoms with E-state index in [1.165, 1.54) is 16.2 Å². The largest absolute Gasteiger partial charge is 0.389 e. The normalized spacial score (nSPS) is 13.5. The quantitative estimate of drug-likeness (QED) is 0.843. The molecule has 0 bridgehead atoms. The molecule has 0 radical (unpaired) electrons. The van der Waals surface area contributed by atoms with Gasteiger partial charge < -0.3 is 15.7 Å². The molecule has 3 N–H and O–H groups in total. The summed E-state index contributed by atoms with van der Waals surface area (Å²) in [6, 6.07) is -0.166. The van der Waals surface area contributed by atoms with Crippen molar-refractivity contribution in [1.82, 2.24) is 9.88 Å². The third-order valence-corrected chi connectivity index (χ3v) is 3.15. The lowest BCUT2D eigenvalue weighted by molar-refractivity contribution is 0.0365. The summed E-state index contributed by atoms with van der Waals surface area (Å²) in [7, 11) is 1.64. The molecule has 5 nitrogen and oxygen atoms in total. The number of carbonyl (C=O) groups is 1. The Kier molecular flexibility index (Phi) is 4.24. The van der Waals surface area contributed by atoms with Crippen LogP contribution in [0.25, 0.3) is 0 Å². The first-order valence-corrected chi connectivity index (χ1v) is 6.27. The first-order valence-electron chi connectivity index (χ1n) is 5.39. The number of rotatable bonds is 4. The van der Waals surface area contributed by atoms with E-state index in [1.807, 2.05) is 6.92 Å². The van der Waals surface area contributed by atoms with Crippen LogP contribution in [0, 0.1) is 0 Å². The highest BCUT2D eigenvalue weighted by molar-refractivity contribution is 7.09. The minimum Gasteiger partial charge on any atom is -0.389 e. The number of nitrogens with two attached hydrogens (primary N) is 1. The zero-order chi connectivity index (χ0) is 13.2. The van der Waals surface area contributed by atoms with Crippen molar-refractivity contribution in [1.29, 1.82) is 0 Å². The van der Waals surface area contributed by atoms with Crippen LogP contribution in [-0.2, 0) is 0 Å². The van der Waals surface area contributed by atoms with Gasteiger partial charge in [-0.1, -0.05) is 0 Å². The lowest BCUT2D eigenvalue weighted by atomic mass is 10.1. The summed E-state index contributed by atoms with van der Waals surface area (Å²) in [6.45, 7) is 5.40. The summed E-state index contributed by atoms with van der Waals surface area (Å²) in [4.78, 5) is 17.6. The summed E-state index contributed by atoms with van der Waals surface area (Å²) in [5.74, 6) is -0.199. The molecule has 0 aliphatic heterocycles. The Morgan fingerprint density at radius 2 is 2.29 bits per heavy atom. The third kappa shape index (κ3) is 4.07. The van der Waals surface area contributed by atoms with Gasteiger partial charge in [0, 0.05) is 19.0 Å². The molecule has 1 heterocycles. The summed E-state index contributed by atoms with van der Waals surface area (Å²) < 4.78 is 0. The maximum absolute atomic E-state index is 12.0. The van der Waals surface area contributed by atoms with Crippen LogP contribution >= 0.6 is 11.3 Å². The van der Waals surface area contributed by atoms with Crippen molar-refractivity contribution in [3.05, 3.63) is 16.1 Å². The van der Waals surface area contributed by atoms with Crippen LogP contribution in [0.1, 0.15) is 42.3 Å². The molecule has 1 atom stereocenters. The maximum atomic E-state index is 12.0. The number of hydrogen-bond donors (Lipinski definition) is 2. The Hall–Kier alpha value is -0.980. The molecular formula is C11H19N3O2S. The van der Waals surface area contributed by atoms with E-state index in [0.717, 1.165) is 5.01 Å². The van der Waals surface area contributed by atoms with Gasteiger partial charge in [0.15, 0.2) is 0 Å². The van der Waals surface area contributed by atoms with Gasteiger partial charge in [-0.3, -0.25) is 4.79 Å². The molecule has 1 aromatic rings. The zero-order valence-electron chi connectivity index (χ0n) is 10.6. The van der Waals surface area contributed by atoms with Gasteiger partial charge in [-0.25, -0.2) is 4.98 Å². The standard InChI is InChI=1S/C11H19N3O2S/c1-7(12)9-13-8(5-17-9)10(15)14(4)6-11(2,3)16/h5,7,16H,6,12H2,1-4H3. The predicted molar refractivity (Wildman–Crippen MR) is 68.0 cm³/mol. The van der Waals surface area contributed by atoms with E-state index in [0.29, 0.717) is 5.69 Å². The maximum Gasteiger partial charge on any atom is 0.273 e. The van der Waals surface area contributed by atoms with Gasteiger partial charge >= 0.3 is 0 Å². The fraction of sp³-hybridized carbons (Fsp3) is 0.636. The second kappa shape index (κ2) is 5.12. The monoisotopic (exact) mass is 257 g/mol. The fourth-order valence-electron chi connectivity index (χ4n) is 1.44. The molecule has 1 aromatic heterocycles. The van der Waals surface area contributed by atoms with Crippen molar-refractivity contribution < 1.29 is 9.90 Å². The van der Waals surface area contributed by atoms with E-state index in [-0.39, 0.29) is 18.5 Å². The number of aromatic nitrogens is 1. The van der Waals surface area contributed by atoms with Gasteiger partial charge in [0.05, 0.1) is 11.6 Å². The van der Waals surface area contributed by atoms with E-state index in [1.54, 1.807) is 26.3 Å². The van der Waals surface area contributed by atoms with Crippen LogP contribution in [0.3, 0.4) is 0 Å². The van der Waals surface area contributed by atoms with Gasteiger partial charge in [-0.15, -0.1) is 11.3 Å². The van der Waals surface area contributed by atoms with Crippen LogP contribution in [-0.4, -0.2) is 40.1 Å². The van der Waals surface area contributed by atoms with Crippen molar-refractivity contribution in [3.8, 4) is 0 Å². The van der Waals surface area contributed by atoms with Gasteiger partial charge in [0.2, 0.25) is 0 Å². The smallest absolute Gasteiger partial charge is 0.273 e. The van der Waals surface area contributed by atoms with Crippen LogP contribution in [0.5, 0.6) is 0 Å². The Morgan fingerprint density at radius 3 is 2.71 bits per heavy atom. The van der Waals surface area contributed by atoms with Crippen LogP contribution in [0.2, 0.25) is 0 Å². The van der Waals surface area contributed by atoms with Crippen LogP contribution < -0.4 is 5.73 Å². The van der Waals surface area contributed by atoms with Gasteiger partial charge in [0.25, 0.3) is 5.91 Å². The number of hydrogen-bond acceptors (Lipinski definition) is 5. The molecule has 0 saturated heterocycles. The Bertz CT molecular complexity index is 396. The first-order chi connectivity index (χ1) is 7.70. The molecule has 0 saturated carbocycles. The van der Waals surface area contributed by atoms with E-state index >= 15 is 0 Å². The number of likely N-dealkylation sites (N-methyl/N-ethyl adjacent to an activating group) is 1. The molecular weight excluding hydrogens is 238 g/mol. The fourth-order valence-corrected chi connectivity index (χ4v) is 2.19. The minimum atomic E-state index is -0.912. The second-order valence-corrected chi connectivity index (χ2v) is 5.72. The molecule has 0 aromatic carbocycles. The number of carbonyl (C=O) groups excluding carboxylic acids is 1. The number of nitrogens with zero attached hydrogens (tertiary/aromatic N) is 2. The topological polar surface area (TPSA) is 79.5 Å². The first kappa shape index (κ1) is 14.1. The van der Waals surface area contributed by atoms with Gasteiger partial charge in [0.1, 0.15) is 10.7 Å². The molecule has 1 rings (SSSR count). The molecule has 0 spiro atoms. The molecule has 0 aliphatic carbocycles. The van der Waals surface area contributed by atoms with E-state index < -0.39 is 5.60 Å². The highest BCUT2D eigenvalue weighted by Crippen LogP contribution is 2.17. The van der Waals surface area contributed by atoms with E-state index in [4.69, 9.17) is 5.73 Å². The molecule has 1 unspecified atom stereocenters. The highest BCUT2D eigenvalue weighted by Gasteiger charge is 2.22. The molecule has 0 fully saturated rings. The van der Waals surface area contributed by atoms with Crippen molar-refractivity contribution in [3.63, 3.8) is 0 Å². The molecule has 6 heteroatoms. The predicted octanol–water partition coefficient (Wildman–Crippen LogP) is 1.01. The Labute approximate surface area is 105 Å². The summed E-state index contributed by atoms with van der Waals surface area (Å²) >= 11 is 1.38. The minimum absolute atomic E-state index is 0.166. The van der Waals surface area contributed by atoms with Crippen LogP contribution in [0.4, 0.5) is 0 Å². The van der Waals surface area contributed by atoms with E-state index in [9.17, 15) is 9.90 Å². The number of thiazole rings is 1. The van der Waals surface area contributed by atoms with Crippen molar-refractivity contribution in [2.24, 2.45) is 5.73 Å². The molecule has 0 aliphatic rings. The van der Waals surface area contributed by atoms with Crippen molar-refractivity contribution in [2.45, 2.75) is 32.4 Å². The summed E-state index contributed by atoms with van der Waals surface area (Å²) in [5.41, 5.74) is 5.16. The molecule has 17 heavy (non-hydrogen) atoms. The summed E-state index contributed by atoms with van der Waals surface area (Å²) in [6.07, 6.45) is 0. The van der Waals surface area contributed by atoms with Gasteiger partial charge in [-0.2, -0.15) is 0 Å². The third-order valence-electron chi connectivity index (χ3n) is 2.10.